The van der Waals surface area contributed by atoms with Gasteiger partial charge in [-0.05, 0) is 49.6 Å². The number of thiophene rings is 1. The van der Waals surface area contributed by atoms with Crippen molar-refractivity contribution in [1.29, 1.82) is 0 Å². The molecule has 2 aromatic rings. The Morgan fingerprint density at radius 2 is 1.80 bits per heavy atom. The van der Waals surface area contributed by atoms with Gasteiger partial charge in [-0.25, -0.2) is 0 Å². The predicted molar refractivity (Wildman–Crippen MR) is 102 cm³/mol. The van der Waals surface area contributed by atoms with E-state index < -0.39 is 0 Å². The number of carbonyl (C=O) groups is 2. The fraction of sp³-hybridized carbons (Fsp3) is 0.368. The van der Waals surface area contributed by atoms with Crippen molar-refractivity contribution in [3.63, 3.8) is 0 Å². The minimum Gasteiger partial charge on any atom is -0.339 e. The molecule has 2 amide bonds. The van der Waals surface area contributed by atoms with Crippen LogP contribution < -0.4 is 10.2 Å². The standard InChI is InChI=1S/C19H25N3O2S/c1-4-22(5-2)19(24)15-8-10-16(11-9-15)20-18(23)14-21(3)13-17-7-6-12-25-17/h6-12H,4-5,13-14H2,1-3H3,(H,20,23)/p+1. The SMILES string of the molecule is CCN(CC)C(=O)c1ccc(NC(=O)C[NH+](C)Cc2cccs2)cc1. The maximum Gasteiger partial charge on any atom is 0.279 e. The van der Waals surface area contributed by atoms with E-state index in [1.54, 1.807) is 40.5 Å². The van der Waals surface area contributed by atoms with Gasteiger partial charge >= 0.3 is 0 Å². The number of anilines is 1. The van der Waals surface area contributed by atoms with Gasteiger partial charge in [-0.2, -0.15) is 0 Å². The Balaban J connectivity index is 1.87. The summed E-state index contributed by atoms with van der Waals surface area (Å²) in [5, 5.41) is 4.94. The fourth-order valence-electron chi connectivity index (χ4n) is 2.64. The molecule has 2 N–H and O–H groups in total. The fourth-order valence-corrected chi connectivity index (χ4v) is 3.46. The first-order chi connectivity index (χ1) is 12.0. The zero-order chi connectivity index (χ0) is 18.2. The molecule has 1 unspecified atom stereocenters. The van der Waals surface area contributed by atoms with E-state index in [1.807, 2.05) is 32.3 Å². The molecule has 0 aliphatic heterocycles. The number of rotatable bonds is 8. The number of hydrogen-bond donors (Lipinski definition) is 2. The number of hydrogen-bond acceptors (Lipinski definition) is 3. The molecule has 2 rings (SSSR count). The van der Waals surface area contributed by atoms with Crippen molar-refractivity contribution in [3.05, 3.63) is 52.2 Å². The van der Waals surface area contributed by atoms with E-state index >= 15 is 0 Å². The summed E-state index contributed by atoms with van der Waals surface area (Å²) < 4.78 is 0. The van der Waals surface area contributed by atoms with Gasteiger partial charge in [0, 0.05) is 24.3 Å². The van der Waals surface area contributed by atoms with Gasteiger partial charge in [-0.3, -0.25) is 9.59 Å². The van der Waals surface area contributed by atoms with Gasteiger partial charge < -0.3 is 15.1 Å². The molecule has 0 radical (unpaired) electrons. The Morgan fingerprint density at radius 1 is 1.12 bits per heavy atom. The number of benzene rings is 1. The number of quaternary nitrogens is 1. The van der Waals surface area contributed by atoms with Crippen LogP contribution in [0, 0.1) is 0 Å². The Bertz CT molecular complexity index is 679. The van der Waals surface area contributed by atoms with Crippen LogP contribution in [0.4, 0.5) is 5.69 Å². The van der Waals surface area contributed by atoms with Crippen molar-refractivity contribution in [2.75, 3.05) is 32.0 Å². The number of nitrogens with zero attached hydrogens (tertiary/aromatic N) is 1. The largest absolute Gasteiger partial charge is 0.339 e. The molecule has 1 atom stereocenters. The second kappa shape index (κ2) is 9.34. The van der Waals surface area contributed by atoms with Crippen molar-refractivity contribution in [2.24, 2.45) is 0 Å². The quantitative estimate of drug-likeness (QED) is 0.755. The van der Waals surface area contributed by atoms with Crippen molar-refractivity contribution in [2.45, 2.75) is 20.4 Å². The Kier molecular flexibility index (Phi) is 7.16. The molecule has 0 bridgehead atoms. The first-order valence-corrected chi connectivity index (χ1v) is 9.44. The molecule has 0 fully saturated rings. The summed E-state index contributed by atoms with van der Waals surface area (Å²) in [6.07, 6.45) is 0. The van der Waals surface area contributed by atoms with E-state index in [-0.39, 0.29) is 11.8 Å². The molecular formula is C19H26N3O2S+. The van der Waals surface area contributed by atoms with Gasteiger partial charge in [0.2, 0.25) is 0 Å². The molecule has 0 spiro atoms. The molecule has 6 heteroatoms. The van der Waals surface area contributed by atoms with Crippen molar-refractivity contribution >= 4 is 28.8 Å². The van der Waals surface area contributed by atoms with Crippen LogP contribution in [0.5, 0.6) is 0 Å². The van der Waals surface area contributed by atoms with Crippen LogP contribution in [-0.2, 0) is 11.3 Å². The summed E-state index contributed by atoms with van der Waals surface area (Å²) in [5.41, 5.74) is 1.35. The molecular weight excluding hydrogens is 334 g/mol. The third kappa shape index (κ3) is 5.69. The second-order valence-corrected chi connectivity index (χ2v) is 7.03. The normalized spacial score (nSPS) is 11.8. The third-order valence-corrected chi connectivity index (χ3v) is 4.86. The molecule has 0 saturated heterocycles. The Hall–Kier alpha value is -2.18. The summed E-state index contributed by atoms with van der Waals surface area (Å²) >= 11 is 1.70. The maximum atomic E-state index is 12.3. The van der Waals surface area contributed by atoms with E-state index in [1.165, 1.54) is 4.88 Å². The number of likely N-dealkylation sites (N-methyl/N-ethyl adjacent to an activating group) is 1. The lowest BCUT2D eigenvalue weighted by atomic mass is 10.1. The summed E-state index contributed by atoms with van der Waals surface area (Å²) in [4.78, 5) is 28.6. The van der Waals surface area contributed by atoms with Crippen molar-refractivity contribution in [3.8, 4) is 0 Å². The number of nitrogens with one attached hydrogen (secondary N) is 2. The Labute approximate surface area is 153 Å². The van der Waals surface area contributed by atoms with Gasteiger partial charge in [0.1, 0.15) is 6.54 Å². The van der Waals surface area contributed by atoms with Crippen molar-refractivity contribution < 1.29 is 14.5 Å². The van der Waals surface area contributed by atoms with Crippen LogP contribution in [-0.4, -0.2) is 43.4 Å². The molecule has 25 heavy (non-hydrogen) atoms. The van der Waals surface area contributed by atoms with Gasteiger partial charge in [-0.15, -0.1) is 11.3 Å². The second-order valence-electron chi connectivity index (χ2n) is 5.99. The van der Waals surface area contributed by atoms with Crippen LogP contribution in [0.15, 0.2) is 41.8 Å². The van der Waals surface area contributed by atoms with Gasteiger partial charge in [0.15, 0.2) is 6.54 Å². The number of amides is 2. The minimum atomic E-state index is -0.0307. The zero-order valence-corrected chi connectivity index (χ0v) is 15.9. The third-order valence-electron chi connectivity index (χ3n) is 3.98. The molecule has 0 aliphatic rings. The maximum absolute atomic E-state index is 12.3. The highest BCUT2D eigenvalue weighted by Gasteiger charge is 2.14. The van der Waals surface area contributed by atoms with Crippen molar-refractivity contribution in [1.82, 2.24) is 4.90 Å². The monoisotopic (exact) mass is 360 g/mol. The van der Waals surface area contributed by atoms with E-state index in [2.05, 4.69) is 11.4 Å². The van der Waals surface area contributed by atoms with E-state index in [0.717, 1.165) is 11.4 Å². The number of carbonyl (C=O) groups excluding carboxylic acids is 2. The molecule has 134 valence electrons. The topological polar surface area (TPSA) is 53.9 Å². The van der Waals surface area contributed by atoms with Crippen LogP contribution in [0.3, 0.4) is 0 Å². The van der Waals surface area contributed by atoms with Gasteiger partial charge in [-0.1, -0.05) is 6.07 Å². The minimum absolute atomic E-state index is 0.0167. The first kappa shape index (κ1) is 19.1. The summed E-state index contributed by atoms with van der Waals surface area (Å²) in [6, 6.07) is 11.2. The summed E-state index contributed by atoms with van der Waals surface area (Å²) in [6.45, 7) is 6.54. The lowest BCUT2D eigenvalue weighted by Gasteiger charge is -2.18. The molecule has 0 aliphatic carbocycles. The first-order valence-electron chi connectivity index (χ1n) is 8.56. The molecule has 5 nitrogen and oxygen atoms in total. The molecule has 1 aromatic carbocycles. The Morgan fingerprint density at radius 3 is 2.36 bits per heavy atom. The summed E-state index contributed by atoms with van der Waals surface area (Å²) in [5.74, 6) is -0.0140. The highest BCUT2D eigenvalue weighted by atomic mass is 32.1. The van der Waals surface area contributed by atoms with Crippen LogP contribution in [0.2, 0.25) is 0 Å². The smallest absolute Gasteiger partial charge is 0.279 e. The molecule has 1 heterocycles. The highest BCUT2D eigenvalue weighted by Crippen LogP contribution is 2.11. The predicted octanol–water partition coefficient (Wildman–Crippen LogP) is 1.88. The molecule has 0 saturated carbocycles. The highest BCUT2D eigenvalue weighted by molar-refractivity contribution is 7.09. The lowest BCUT2D eigenvalue weighted by Crippen LogP contribution is -3.08. The van der Waals surface area contributed by atoms with Gasteiger partial charge in [0.05, 0.1) is 11.9 Å². The van der Waals surface area contributed by atoms with E-state index in [0.29, 0.717) is 30.9 Å². The average Bonchev–Trinajstić information content (AvgIpc) is 3.09. The van der Waals surface area contributed by atoms with Crippen LogP contribution >= 0.6 is 11.3 Å². The van der Waals surface area contributed by atoms with Gasteiger partial charge in [0.25, 0.3) is 11.8 Å². The van der Waals surface area contributed by atoms with E-state index in [9.17, 15) is 9.59 Å². The van der Waals surface area contributed by atoms with Crippen LogP contribution in [0.25, 0.3) is 0 Å². The lowest BCUT2D eigenvalue weighted by molar-refractivity contribution is -0.884. The zero-order valence-electron chi connectivity index (χ0n) is 15.0. The van der Waals surface area contributed by atoms with E-state index in [4.69, 9.17) is 0 Å². The molecule has 1 aromatic heterocycles. The van der Waals surface area contributed by atoms with Crippen LogP contribution in [0.1, 0.15) is 29.1 Å². The summed E-state index contributed by atoms with van der Waals surface area (Å²) in [7, 11) is 2.01. The average molecular weight is 361 g/mol.